The molecular weight excluding hydrogens is 430 g/mol. The molecule has 0 bridgehead atoms. The molecule has 2 unspecified atom stereocenters. The van der Waals surface area contributed by atoms with Crippen molar-refractivity contribution in [1.29, 1.82) is 0 Å². The molecule has 3 nitrogen and oxygen atoms in total. The third kappa shape index (κ3) is 2.19. The summed E-state index contributed by atoms with van der Waals surface area (Å²) in [7, 11) is 0. The number of ketones is 1. The molecule has 3 spiro atoms. The van der Waals surface area contributed by atoms with E-state index in [4.69, 9.17) is 16.3 Å². The second kappa shape index (κ2) is 6.30. The molecule has 0 N–H and O–H groups in total. The summed E-state index contributed by atoms with van der Waals surface area (Å²) in [5.41, 5.74) is 3.04. The fourth-order valence-corrected chi connectivity index (χ4v) is 12.4. The van der Waals surface area contributed by atoms with Crippen LogP contribution in [0, 0.1) is 45.8 Å². The summed E-state index contributed by atoms with van der Waals surface area (Å²) in [5.74, 6) is 5.22. The highest BCUT2D eigenvalue weighted by molar-refractivity contribution is 6.18. The molecule has 33 heavy (non-hydrogen) atoms. The summed E-state index contributed by atoms with van der Waals surface area (Å²) in [6.45, 7) is 7.18. The summed E-state index contributed by atoms with van der Waals surface area (Å²) >= 11 is 6.26. The number of likely N-dealkylation sites (tertiary alicyclic amines) is 1. The molecule has 0 aromatic rings. The monoisotopic (exact) mass is 469 g/mol. The quantitative estimate of drug-likeness (QED) is 0.492. The summed E-state index contributed by atoms with van der Waals surface area (Å²) in [4.78, 5) is 14.9. The molecule has 2 saturated heterocycles. The van der Waals surface area contributed by atoms with Crippen molar-refractivity contribution in [3.63, 3.8) is 0 Å². The number of carbonyl (C=O) groups excluding carboxylic acids is 1. The first-order valence-corrected chi connectivity index (χ1v) is 14.6. The van der Waals surface area contributed by atoms with Crippen LogP contribution in [0.5, 0.6) is 0 Å². The van der Waals surface area contributed by atoms with Gasteiger partial charge in [-0.25, -0.2) is 0 Å². The van der Waals surface area contributed by atoms with E-state index in [1.807, 2.05) is 0 Å². The van der Waals surface area contributed by atoms with Crippen LogP contribution in [0.25, 0.3) is 0 Å². The zero-order chi connectivity index (χ0) is 22.4. The molecule has 0 aromatic carbocycles. The Bertz CT molecular complexity index is 963. The van der Waals surface area contributed by atoms with Gasteiger partial charge in [-0.1, -0.05) is 19.4 Å². The number of hydrogen-bond donors (Lipinski definition) is 0. The topological polar surface area (TPSA) is 29.5 Å². The second-order valence-electron chi connectivity index (χ2n) is 14.0. The first kappa shape index (κ1) is 20.8. The van der Waals surface area contributed by atoms with Gasteiger partial charge in [-0.15, -0.1) is 11.6 Å². The Hall–Kier alpha value is -0.380. The molecule has 8 aliphatic rings. The van der Waals surface area contributed by atoms with Crippen molar-refractivity contribution in [2.75, 3.05) is 19.0 Å². The number of rotatable bonds is 2. The van der Waals surface area contributed by atoms with Gasteiger partial charge in [-0.05, 0) is 98.4 Å². The van der Waals surface area contributed by atoms with Crippen LogP contribution in [0.3, 0.4) is 0 Å². The van der Waals surface area contributed by atoms with Crippen LogP contribution in [0.4, 0.5) is 0 Å². The predicted octanol–water partition coefficient (Wildman–Crippen LogP) is 5.61. The Balaban J connectivity index is 1.13. The van der Waals surface area contributed by atoms with E-state index in [0.717, 1.165) is 54.9 Å². The summed E-state index contributed by atoms with van der Waals surface area (Å²) in [6.07, 6.45) is 15.2. The lowest BCUT2D eigenvalue weighted by molar-refractivity contribution is -0.211. The summed E-state index contributed by atoms with van der Waals surface area (Å²) in [5, 5.41) is 0. The molecule has 2 heterocycles. The van der Waals surface area contributed by atoms with E-state index in [2.05, 4.69) is 24.8 Å². The number of fused-ring (bicyclic) bond motifs is 6. The maximum atomic E-state index is 12.2. The molecule has 5 saturated carbocycles. The van der Waals surface area contributed by atoms with Gasteiger partial charge in [-0.2, -0.15) is 0 Å². The fourth-order valence-electron chi connectivity index (χ4n) is 12.2. The Labute approximate surface area is 204 Å². The van der Waals surface area contributed by atoms with E-state index in [0.29, 0.717) is 34.2 Å². The first-order chi connectivity index (χ1) is 15.9. The molecule has 2 aliphatic heterocycles. The van der Waals surface area contributed by atoms with E-state index in [1.54, 1.807) is 0 Å². The van der Waals surface area contributed by atoms with Gasteiger partial charge in [0.25, 0.3) is 0 Å². The van der Waals surface area contributed by atoms with Crippen LogP contribution in [0.15, 0.2) is 11.6 Å². The van der Waals surface area contributed by atoms with Crippen LogP contribution in [-0.4, -0.2) is 47.4 Å². The Morgan fingerprint density at radius 2 is 2.03 bits per heavy atom. The van der Waals surface area contributed by atoms with Crippen molar-refractivity contribution in [3.05, 3.63) is 11.6 Å². The maximum Gasteiger partial charge on any atom is 0.155 e. The smallest absolute Gasteiger partial charge is 0.155 e. The Morgan fingerprint density at radius 3 is 2.88 bits per heavy atom. The number of hydrogen-bond acceptors (Lipinski definition) is 3. The van der Waals surface area contributed by atoms with E-state index < -0.39 is 0 Å². The highest BCUT2D eigenvalue weighted by Gasteiger charge is 2.91. The molecule has 6 aliphatic carbocycles. The van der Waals surface area contributed by atoms with Crippen LogP contribution in [0.1, 0.15) is 78.1 Å². The second-order valence-corrected chi connectivity index (χ2v) is 14.4. The third-order valence-corrected chi connectivity index (χ3v) is 13.4. The number of carbonyl (C=O) groups is 1. The number of halogens is 1. The molecule has 0 aromatic heterocycles. The number of allylic oxidation sites excluding steroid dienone is 2. The van der Waals surface area contributed by atoms with Gasteiger partial charge in [0.1, 0.15) is 0 Å². The van der Waals surface area contributed by atoms with Crippen LogP contribution < -0.4 is 0 Å². The van der Waals surface area contributed by atoms with Crippen molar-refractivity contribution in [2.45, 2.75) is 95.8 Å². The van der Waals surface area contributed by atoms with Gasteiger partial charge in [0.05, 0.1) is 11.7 Å². The van der Waals surface area contributed by atoms with Crippen LogP contribution >= 0.6 is 11.6 Å². The molecule has 8 rings (SSSR count). The number of alkyl halides is 1. The lowest BCUT2D eigenvalue weighted by Crippen LogP contribution is -2.64. The standard InChI is InChI=1S/C29H40ClNO2/c1-17-11-24-25(31(15-17)10-9-30)23-14-28-16-27(28)13-22-20(21(27)6-8-29(23,28)33-24)4-3-18-12-19(32)5-7-26(18,22)2/h12,17,20-25H,3-11,13-16H2,1-2H3/t17-,20-,21-,22-,23+,24+,25-,26-,27?,28?,29+/m0/s1. The third-order valence-electron chi connectivity index (χ3n) is 13.2. The fraction of sp³-hybridized carbons (Fsp3) is 0.897. The molecule has 0 amide bonds. The van der Waals surface area contributed by atoms with Crippen molar-refractivity contribution < 1.29 is 9.53 Å². The Kier molecular flexibility index (Phi) is 3.96. The molecular formula is C29H40ClNO2. The number of piperidine rings is 1. The van der Waals surface area contributed by atoms with E-state index in [-0.39, 0.29) is 5.60 Å². The number of nitrogens with zero attached hydrogens (tertiary/aromatic N) is 1. The highest BCUT2D eigenvalue weighted by Crippen LogP contribution is 2.93. The summed E-state index contributed by atoms with van der Waals surface area (Å²) < 4.78 is 7.31. The van der Waals surface area contributed by atoms with E-state index in [9.17, 15) is 4.79 Å². The number of ether oxygens (including phenoxy) is 1. The normalized spacial score (nSPS) is 60.3. The van der Waals surface area contributed by atoms with Gasteiger partial charge in [0.2, 0.25) is 0 Å². The minimum Gasteiger partial charge on any atom is -0.369 e. The van der Waals surface area contributed by atoms with Crippen molar-refractivity contribution >= 4 is 17.4 Å². The average molecular weight is 470 g/mol. The van der Waals surface area contributed by atoms with Gasteiger partial charge in [0.15, 0.2) is 5.78 Å². The predicted molar refractivity (Wildman–Crippen MR) is 129 cm³/mol. The van der Waals surface area contributed by atoms with Gasteiger partial charge in [0, 0.05) is 42.8 Å². The highest BCUT2D eigenvalue weighted by atomic mass is 35.5. The maximum absolute atomic E-state index is 12.2. The van der Waals surface area contributed by atoms with Crippen molar-refractivity contribution in [3.8, 4) is 0 Å². The zero-order valence-corrected chi connectivity index (χ0v) is 21.2. The van der Waals surface area contributed by atoms with Gasteiger partial charge >= 0.3 is 0 Å². The van der Waals surface area contributed by atoms with E-state index >= 15 is 0 Å². The van der Waals surface area contributed by atoms with E-state index in [1.165, 1.54) is 63.5 Å². The lowest BCUT2D eigenvalue weighted by atomic mass is 9.47. The van der Waals surface area contributed by atoms with Crippen LogP contribution in [-0.2, 0) is 9.53 Å². The lowest BCUT2D eigenvalue weighted by Gasteiger charge is -2.60. The molecule has 7 fully saturated rings. The minimum absolute atomic E-state index is 0.184. The van der Waals surface area contributed by atoms with Crippen molar-refractivity contribution in [2.24, 2.45) is 45.8 Å². The molecule has 0 radical (unpaired) electrons. The zero-order valence-electron chi connectivity index (χ0n) is 20.5. The average Bonchev–Trinajstić information content (AvgIpc) is 3.25. The van der Waals surface area contributed by atoms with Crippen molar-refractivity contribution in [1.82, 2.24) is 4.90 Å². The van der Waals surface area contributed by atoms with Crippen LogP contribution in [0.2, 0.25) is 0 Å². The Morgan fingerprint density at radius 1 is 1.15 bits per heavy atom. The SMILES string of the molecule is C[C@H]1C[C@H]2O[C@@]34CC[C@H]5[C@@H]6CCC7=CC(=O)CC[C@]7(C)[C@H]6CC56CC63C[C@@H]4[C@@H]2N(CCCl)C1. The minimum atomic E-state index is 0.184. The largest absolute Gasteiger partial charge is 0.369 e. The first-order valence-electron chi connectivity index (χ1n) is 14.1. The molecule has 180 valence electrons. The van der Waals surface area contributed by atoms with Gasteiger partial charge in [-0.3, -0.25) is 9.69 Å². The molecule has 11 atom stereocenters. The summed E-state index contributed by atoms with van der Waals surface area (Å²) in [6, 6.07) is 0.625. The molecule has 4 heteroatoms. The van der Waals surface area contributed by atoms with Gasteiger partial charge < -0.3 is 4.74 Å².